The summed E-state index contributed by atoms with van der Waals surface area (Å²) in [5.41, 5.74) is 1.00. The van der Waals surface area contributed by atoms with Crippen molar-refractivity contribution in [3.8, 4) is 0 Å². The molecule has 16 heavy (non-hydrogen) atoms. The Morgan fingerprint density at radius 2 is 1.81 bits per heavy atom. The molecule has 1 aliphatic heterocycles. The molecule has 0 unspecified atom stereocenters. The van der Waals surface area contributed by atoms with E-state index in [0.717, 1.165) is 5.39 Å². The lowest BCUT2D eigenvalue weighted by atomic mass is 9.84. The van der Waals surface area contributed by atoms with E-state index < -0.39 is 11.9 Å². The number of ether oxygens (including phenoxy) is 1. The minimum absolute atomic E-state index is 0.285. The van der Waals surface area contributed by atoms with Crippen molar-refractivity contribution in [1.82, 2.24) is 0 Å². The number of cyclic esters (lactones) is 2. The zero-order valence-electron chi connectivity index (χ0n) is 8.19. The highest BCUT2D eigenvalue weighted by Gasteiger charge is 2.27. The fourth-order valence-corrected chi connectivity index (χ4v) is 1.98. The third kappa shape index (κ3) is 1.04. The fourth-order valence-electron chi connectivity index (χ4n) is 1.98. The molecule has 0 amide bonds. The molecular formula is C12H5BO3. The summed E-state index contributed by atoms with van der Waals surface area (Å²) in [7, 11) is 5.72. The van der Waals surface area contributed by atoms with E-state index in [2.05, 4.69) is 4.74 Å². The third-order valence-electron chi connectivity index (χ3n) is 2.69. The van der Waals surface area contributed by atoms with Crippen molar-refractivity contribution in [3.63, 3.8) is 0 Å². The molecule has 3 rings (SSSR count). The van der Waals surface area contributed by atoms with Crippen LogP contribution in [0.25, 0.3) is 10.8 Å². The molecule has 0 aliphatic carbocycles. The van der Waals surface area contributed by atoms with Crippen LogP contribution < -0.4 is 5.46 Å². The van der Waals surface area contributed by atoms with Crippen molar-refractivity contribution in [2.75, 3.05) is 0 Å². The molecule has 0 saturated carbocycles. The third-order valence-corrected chi connectivity index (χ3v) is 2.69. The van der Waals surface area contributed by atoms with Gasteiger partial charge < -0.3 is 4.74 Å². The fraction of sp³-hybridized carbons (Fsp3) is 0. The van der Waals surface area contributed by atoms with Gasteiger partial charge in [0, 0.05) is 5.39 Å². The largest absolute Gasteiger partial charge is 0.386 e. The average molecular weight is 208 g/mol. The molecule has 0 bridgehead atoms. The summed E-state index contributed by atoms with van der Waals surface area (Å²) in [4.78, 5) is 23.1. The predicted octanol–water partition coefficient (Wildman–Crippen LogP) is 0.944. The normalized spacial score (nSPS) is 14.0. The monoisotopic (exact) mass is 208 g/mol. The Balaban J connectivity index is 2.58. The summed E-state index contributed by atoms with van der Waals surface area (Å²) >= 11 is 0. The number of benzene rings is 2. The Labute approximate surface area is 92.4 Å². The molecule has 2 aromatic carbocycles. The highest BCUT2D eigenvalue weighted by Crippen LogP contribution is 2.26. The molecule has 3 nitrogen and oxygen atoms in total. The van der Waals surface area contributed by atoms with Gasteiger partial charge in [0.15, 0.2) is 0 Å². The highest BCUT2D eigenvalue weighted by atomic mass is 16.6. The van der Waals surface area contributed by atoms with E-state index in [1.54, 1.807) is 24.3 Å². The lowest BCUT2D eigenvalue weighted by molar-refractivity contribution is 0.0392. The lowest BCUT2D eigenvalue weighted by Crippen LogP contribution is -2.26. The van der Waals surface area contributed by atoms with Gasteiger partial charge in [-0.3, -0.25) is 0 Å². The zero-order chi connectivity index (χ0) is 11.3. The van der Waals surface area contributed by atoms with Gasteiger partial charge in [-0.2, -0.15) is 0 Å². The van der Waals surface area contributed by atoms with Crippen molar-refractivity contribution < 1.29 is 14.3 Å². The predicted molar refractivity (Wildman–Crippen MR) is 59.1 cm³/mol. The maximum Gasteiger partial charge on any atom is 0.346 e. The Morgan fingerprint density at radius 1 is 1.00 bits per heavy atom. The Morgan fingerprint density at radius 3 is 2.62 bits per heavy atom. The number of rotatable bonds is 0. The van der Waals surface area contributed by atoms with Crippen molar-refractivity contribution in [1.29, 1.82) is 0 Å². The molecule has 0 fully saturated rings. The summed E-state index contributed by atoms with van der Waals surface area (Å²) < 4.78 is 4.63. The quantitative estimate of drug-likeness (QED) is 0.367. The molecule has 0 aromatic heterocycles. The second kappa shape index (κ2) is 2.95. The van der Waals surface area contributed by atoms with Crippen LogP contribution in [-0.2, 0) is 4.74 Å². The molecular weight excluding hydrogens is 203 g/mol. The number of hydrogen-bond acceptors (Lipinski definition) is 3. The summed E-state index contributed by atoms with van der Waals surface area (Å²) in [5, 5.41) is 1.40. The maximum atomic E-state index is 11.6. The van der Waals surface area contributed by atoms with Crippen molar-refractivity contribution in [2.24, 2.45) is 0 Å². The van der Waals surface area contributed by atoms with Crippen LogP contribution in [0.5, 0.6) is 0 Å². The standard InChI is InChI=1S/C12H5BO3/c13-8-5-4-6-2-1-3-7-9(6)10(8)12(15)16-11(7)14/h1-5H. The van der Waals surface area contributed by atoms with Gasteiger partial charge in [-0.25, -0.2) is 9.59 Å². The van der Waals surface area contributed by atoms with Crippen molar-refractivity contribution in [3.05, 3.63) is 41.5 Å². The van der Waals surface area contributed by atoms with E-state index >= 15 is 0 Å². The van der Waals surface area contributed by atoms with Crippen LogP contribution in [0.2, 0.25) is 0 Å². The molecule has 0 spiro atoms. The second-order valence-corrected chi connectivity index (χ2v) is 3.61. The van der Waals surface area contributed by atoms with Gasteiger partial charge in [0.25, 0.3) is 0 Å². The van der Waals surface area contributed by atoms with E-state index in [1.807, 2.05) is 6.07 Å². The average Bonchev–Trinajstić information content (AvgIpc) is 2.26. The first-order valence-corrected chi connectivity index (χ1v) is 4.76. The molecule has 0 saturated heterocycles. The Bertz CT molecular complexity index is 646. The van der Waals surface area contributed by atoms with E-state index in [0.29, 0.717) is 16.4 Å². The number of carbonyl (C=O) groups is 2. The van der Waals surface area contributed by atoms with Crippen LogP contribution in [0.4, 0.5) is 0 Å². The first kappa shape index (κ1) is 9.15. The molecule has 0 atom stereocenters. The summed E-state index contributed by atoms with van der Waals surface area (Å²) in [6.07, 6.45) is 0. The Kier molecular flexibility index (Phi) is 1.69. The van der Waals surface area contributed by atoms with E-state index in [4.69, 9.17) is 7.85 Å². The summed E-state index contributed by atoms with van der Waals surface area (Å²) in [6.45, 7) is 0. The van der Waals surface area contributed by atoms with Gasteiger partial charge in [-0.1, -0.05) is 29.7 Å². The molecule has 1 aliphatic rings. The minimum atomic E-state index is -0.674. The van der Waals surface area contributed by atoms with E-state index in [9.17, 15) is 9.59 Å². The van der Waals surface area contributed by atoms with Gasteiger partial charge in [0.05, 0.1) is 11.1 Å². The first-order chi connectivity index (χ1) is 7.68. The van der Waals surface area contributed by atoms with Gasteiger partial charge in [0.2, 0.25) is 0 Å². The molecule has 4 heteroatoms. The molecule has 1 heterocycles. The minimum Gasteiger partial charge on any atom is -0.386 e. The van der Waals surface area contributed by atoms with Crippen molar-refractivity contribution in [2.45, 2.75) is 0 Å². The van der Waals surface area contributed by atoms with Gasteiger partial charge in [0.1, 0.15) is 7.85 Å². The number of esters is 2. The van der Waals surface area contributed by atoms with Crippen LogP contribution in [0.15, 0.2) is 30.3 Å². The van der Waals surface area contributed by atoms with E-state index in [-0.39, 0.29) is 5.56 Å². The van der Waals surface area contributed by atoms with Gasteiger partial charge in [-0.15, -0.1) is 0 Å². The molecule has 2 radical (unpaired) electrons. The van der Waals surface area contributed by atoms with Crippen LogP contribution >= 0.6 is 0 Å². The smallest absolute Gasteiger partial charge is 0.346 e. The Hall–Kier alpha value is -2.10. The topological polar surface area (TPSA) is 43.4 Å². The van der Waals surface area contributed by atoms with Crippen LogP contribution in [0.3, 0.4) is 0 Å². The highest BCUT2D eigenvalue weighted by molar-refractivity contribution is 6.40. The SMILES string of the molecule is [B]c1ccc2cccc3c2c1C(=O)OC3=O. The van der Waals surface area contributed by atoms with Crippen LogP contribution in [0.1, 0.15) is 20.7 Å². The maximum absolute atomic E-state index is 11.6. The summed E-state index contributed by atoms with van der Waals surface area (Å²) in [5.74, 6) is -1.29. The molecule has 74 valence electrons. The molecule has 0 N–H and O–H groups in total. The molecule has 2 aromatic rings. The second-order valence-electron chi connectivity index (χ2n) is 3.61. The van der Waals surface area contributed by atoms with Gasteiger partial charge >= 0.3 is 11.9 Å². The zero-order valence-corrected chi connectivity index (χ0v) is 8.19. The van der Waals surface area contributed by atoms with E-state index in [1.165, 1.54) is 0 Å². The van der Waals surface area contributed by atoms with Crippen LogP contribution in [0, 0.1) is 0 Å². The number of carbonyl (C=O) groups excluding carboxylic acids is 2. The first-order valence-electron chi connectivity index (χ1n) is 4.76. The van der Waals surface area contributed by atoms with Gasteiger partial charge in [-0.05, 0) is 11.5 Å². The number of hydrogen-bond donors (Lipinski definition) is 0. The summed E-state index contributed by atoms with van der Waals surface area (Å²) in [6, 6.07) is 8.62. The van der Waals surface area contributed by atoms with Crippen LogP contribution in [-0.4, -0.2) is 19.8 Å². The van der Waals surface area contributed by atoms with Crippen molar-refractivity contribution >= 4 is 36.0 Å². The lowest BCUT2D eigenvalue weighted by Gasteiger charge is -2.17.